The first kappa shape index (κ1) is 19.3. The number of aromatic nitrogens is 1. The fourth-order valence-electron chi connectivity index (χ4n) is 3.57. The summed E-state index contributed by atoms with van der Waals surface area (Å²) in [5, 5.41) is 2.73. The van der Waals surface area contributed by atoms with Gasteiger partial charge in [-0.05, 0) is 47.9 Å². The lowest BCUT2D eigenvalue weighted by Gasteiger charge is -2.19. The minimum absolute atomic E-state index is 0.0985. The molecule has 0 bridgehead atoms. The third-order valence-corrected chi connectivity index (χ3v) is 6.84. The van der Waals surface area contributed by atoms with Gasteiger partial charge in [0.15, 0.2) is 0 Å². The second kappa shape index (κ2) is 8.13. The SMILES string of the molecule is O=C(Cc1ccc(-n2cccc2)cc1)NCCS(=O)(=O)N1CCc2ccccc21. The quantitative estimate of drug-likeness (QED) is 0.652. The molecule has 1 N–H and O–H groups in total. The van der Waals surface area contributed by atoms with E-state index >= 15 is 0 Å². The topological polar surface area (TPSA) is 71.4 Å². The molecule has 150 valence electrons. The zero-order valence-corrected chi connectivity index (χ0v) is 16.8. The standard InChI is InChI=1S/C22H23N3O3S/c26-22(17-18-7-9-20(10-8-18)24-13-3-4-14-24)23-12-16-29(27,28)25-15-11-19-5-1-2-6-21(19)25/h1-10,13-14H,11-12,15-17H2,(H,23,26). The normalized spacial score (nSPS) is 13.3. The maximum Gasteiger partial charge on any atom is 0.236 e. The molecule has 0 saturated heterocycles. The van der Waals surface area contributed by atoms with Gasteiger partial charge in [-0.1, -0.05) is 30.3 Å². The first-order valence-electron chi connectivity index (χ1n) is 9.60. The molecule has 3 aromatic rings. The predicted octanol–water partition coefficient (Wildman–Crippen LogP) is 2.53. The van der Waals surface area contributed by atoms with E-state index in [0.717, 1.165) is 28.9 Å². The molecule has 1 aromatic heterocycles. The van der Waals surface area contributed by atoms with Crippen LogP contribution in [0.4, 0.5) is 5.69 Å². The molecule has 29 heavy (non-hydrogen) atoms. The summed E-state index contributed by atoms with van der Waals surface area (Å²) in [4.78, 5) is 12.2. The Morgan fingerprint density at radius 1 is 0.966 bits per heavy atom. The number of carbonyl (C=O) groups is 1. The molecule has 0 unspecified atom stereocenters. The molecule has 2 heterocycles. The van der Waals surface area contributed by atoms with Crippen molar-refractivity contribution in [2.45, 2.75) is 12.8 Å². The van der Waals surface area contributed by atoms with Crippen LogP contribution in [0.25, 0.3) is 5.69 Å². The van der Waals surface area contributed by atoms with Crippen LogP contribution < -0.4 is 9.62 Å². The van der Waals surface area contributed by atoms with Gasteiger partial charge in [-0.15, -0.1) is 0 Å². The summed E-state index contributed by atoms with van der Waals surface area (Å²) in [6.07, 6.45) is 4.86. The number of fused-ring (bicyclic) bond motifs is 1. The van der Waals surface area contributed by atoms with Crippen LogP contribution in [0.3, 0.4) is 0 Å². The van der Waals surface area contributed by atoms with Gasteiger partial charge in [-0.25, -0.2) is 8.42 Å². The molecule has 0 radical (unpaired) electrons. The Morgan fingerprint density at radius 2 is 1.69 bits per heavy atom. The Labute approximate surface area is 170 Å². The number of para-hydroxylation sites is 1. The minimum atomic E-state index is -3.46. The maximum atomic E-state index is 12.7. The van der Waals surface area contributed by atoms with Crippen LogP contribution >= 0.6 is 0 Å². The Bertz CT molecular complexity index is 1090. The van der Waals surface area contributed by atoms with Crippen LogP contribution in [0.5, 0.6) is 0 Å². The molecule has 4 rings (SSSR count). The third-order valence-electron chi connectivity index (χ3n) is 5.07. The van der Waals surface area contributed by atoms with Gasteiger partial charge >= 0.3 is 0 Å². The van der Waals surface area contributed by atoms with Gasteiger partial charge in [-0.3, -0.25) is 9.10 Å². The van der Waals surface area contributed by atoms with E-state index in [0.29, 0.717) is 6.54 Å². The molecule has 7 heteroatoms. The molecule has 2 aromatic carbocycles. The van der Waals surface area contributed by atoms with E-state index in [9.17, 15) is 13.2 Å². The number of rotatable bonds is 7. The number of anilines is 1. The second-order valence-electron chi connectivity index (χ2n) is 7.05. The molecule has 0 atom stereocenters. The van der Waals surface area contributed by atoms with Gasteiger partial charge in [-0.2, -0.15) is 0 Å². The van der Waals surface area contributed by atoms with E-state index in [1.165, 1.54) is 4.31 Å². The summed E-state index contributed by atoms with van der Waals surface area (Å²) >= 11 is 0. The lowest BCUT2D eigenvalue weighted by atomic mass is 10.1. The number of sulfonamides is 1. The fourth-order valence-corrected chi connectivity index (χ4v) is 4.99. The van der Waals surface area contributed by atoms with Gasteiger partial charge < -0.3 is 9.88 Å². The van der Waals surface area contributed by atoms with Crippen molar-refractivity contribution in [3.8, 4) is 5.69 Å². The van der Waals surface area contributed by atoms with Crippen LogP contribution in [0.2, 0.25) is 0 Å². The Balaban J connectivity index is 1.29. The molecular formula is C22H23N3O3S. The first-order chi connectivity index (χ1) is 14.0. The lowest BCUT2D eigenvalue weighted by Crippen LogP contribution is -2.37. The summed E-state index contributed by atoms with van der Waals surface area (Å²) in [5.41, 5.74) is 3.70. The zero-order chi connectivity index (χ0) is 20.3. The molecule has 1 aliphatic heterocycles. The molecule has 6 nitrogen and oxygen atoms in total. The fraction of sp³-hybridized carbons (Fsp3) is 0.227. The van der Waals surface area contributed by atoms with Crippen molar-refractivity contribution in [1.82, 2.24) is 9.88 Å². The van der Waals surface area contributed by atoms with Gasteiger partial charge in [0.1, 0.15) is 0 Å². The Kier molecular flexibility index (Phi) is 5.40. The number of hydrogen-bond donors (Lipinski definition) is 1. The van der Waals surface area contributed by atoms with Crippen molar-refractivity contribution in [3.05, 3.63) is 84.2 Å². The number of hydrogen-bond acceptors (Lipinski definition) is 3. The Morgan fingerprint density at radius 3 is 2.45 bits per heavy atom. The summed E-state index contributed by atoms with van der Waals surface area (Å²) in [6, 6.07) is 19.2. The van der Waals surface area contributed by atoms with Gasteiger partial charge in [0.2, 0.25) is 15.9 Å². The van der Waals surface area contributed by atoms with Crippen molar-refractivity contribution in [3.63, 3.8) is 0 Å². The molecule has 1 amide bonds. The second-order valence-corrected chi connectivity index (χ2v) is 9.06. The van der Waals surface area contributed by atoms with E-state index in [2.05, 4.69) is 5.32 Å². The lowest BCUT2D eigenvalue weighted by molar-refractivity contribution is -0.120. The van der Waals surface area contributed by atoms with Crippen molar-refractivity contribution in [1.29, 1.82) is 0 Å². The summed E-state index contributed by atoms with van der Waals surface area (Å²) in [7, 11) is -3.46. The number of benzene rings is 2. The van der Waals surface area contributed by atoms with Crippen LogP contribution in [0, 0.1) is 0 Å². The van der Waals surface area contributed by atoms with Crippen LogP contribution in [-0.2, 0) is 27.7 Å². The van der Waals surface area contributed by atoms with Crippen molar-refractivity contribution < 1.29 is 13.2 Å². The van der Waals surface area contributed by atoms with Crippen LogP contribution in [0.15, 0.2) is 73.1 Å². The molecule has 0 fully saturated rings. The average Bonchev–Trinajstić information content (AvgIpc) is 3.39. The number of carbonyl (C=O) groups excluding carboxylic acids is 1. The van der Waals surface area contributed by atoms with E-state index in [1.54, 1.807) is 0 Å². The minimum Gasteiger partial charge on any atom is -0.355 e. The third kappa shape index (κ3) is 4.35. The number of nitrogens with one attached hydrogen (secondary N) is 1. The van der Waals surface area contributed by atoms with Crippen molar-refractivity contribution in [2.24, 2.45) is 0 Å². The number of nitrogens with zero attached hydrogens (tertiary/aromatic N) is 2. The highest BCUT2D eigenvalue weighted by molar-refractivity contribution is 7.92. The molecule has 0 spiro atoms. The molecule has 1 aliphatic rings. The zero-order valence-electron chi connectivity index (χ0n) is 16.0. The molecule has 0 aliphatic carbocycles. The highest BCUT2D eigenvalue weighted by atomic mass is 32.2. The van der Waals surface area contributed by atoms with Crippen LogP contribution in [0.1, 0.15) is 11.1 Å². The highest BCUT2D eigenvalue weighted by Crippen LogP contribution is 2.29. The predicted molar refractivity (Wildman–Crippen MR) is 114 cm³/mol. The van der Waals surface area contributed by atoms with Crippen molar-refractivity contribution in [2.75, 3.05) is 23.1 Å². The van der Waals surface area contributed by atoms with Crippen molar-refractivity contribution >= 4 is 21.6 Å². The highest BCUT2D eigenvalue weighted by Gasteiger charge is 2.28. The average molecular weight is 410 g/mol. The van der Waals surface area contributed by atoms with E-state index in [4.69, 9.17) is 0 Å². The number of amides is 1. The van der Waals surface area contributed by atoms with Gasteiger partial charge in [0, 0.05) is 31.2 Å². The smallest absolute Gasteiger partial charge is 0.236 e. The first-order valence-corrected chi connectivity index (χ1v) is 11.2. The summed E-state index contributed by atoms with van der Waals surface area (Å²) < 4.78 is 28.8. The Hall–Kier alpha value is -3.06. The van der Waals surface area contributed by atoms with E-state index in [-0.39, 0.29) is 24.6 Å². The van der Waals surface area contributed by atoms with Gasteiger partial charge in [0.05, 0.1) is 17.9 Å². The largest absolute Gasteiger partial charge is 0.355 e. The van der Waals surface area contributed by atoms with Gasteiger partial charge in [0.25, 0.3) is 0 Å². The monoisotopic (exact) mass is 409 g/mol. The summed E-state index contributed by atoms with van der Waals surface area (Å²) in [6.45, 7) is 0.560. The summed E-state index contributed by atoms with van der Waals surface area (Å²) in [5.74, 6) is -0.296. The maximum absolute atomic E-state index is 12.7. The molecule has 0 saturated carbocycles. The molecular weight excluding hydrogens is 386 g/mol. The van der Waals surface area contributed by atoms with E-state index < -0.39 is 10.0 Å². The van der Waals surface area contributed by atoms with Crippen LogP contribution in [-0.4, -0.2) is 37.7 Å². The van der Waals surface area contributed by atoms with E-state index in [1.807, 2.05) is 77.6 Å².